The van der Waals surface area contributed by atoms with Crippen LogP contribution in [0.25, 0.3) is 10.9 Å². The van der Waals surface area contributed by atoms with Crippen molar-refractivity contribution in [2.45, 2.75) is 31.2 Å². The lowest BCUT2D eigenvalue weighted by Crippen LogP contribution is -2.31. The fourth-order valence-corrected chi connectivity index (χ4v) is 5.93. The molecule has 1 aliphatic heterocycles. The summed E-state index contributed by atoms with van der Waals surface area (Å²) in [6, 6.07) is 4.83. The zero-order valence-electron chi connectivity index (χ0n) is 18.3. The van der Waals surface area contributed by atoms with Gasteiger partial charge in [-0.15, -0.1) is 0 Å². The first-order valence-electron chi connectivity index (χ1n) is 10.5. The molecule has 1 aliphatic rings. The first-order chi connectivity index (χ1) is 16.0. The smallest absolute Gasteiger partial charge is 0.309 e. The van der Waals surface area contributed by atoms with Crippen LogP contribution in [0.1, 0.15) is 25.6 Å². The molecule has 2 aromatic carbocycles. The van der Waals surface area contributed by atoms with Crippen LogP contribution in [-0.2, 0) is 21.2 Å². The second kappa shape index (κ2) is 8.91. The Hall–Kier alpha value is -3.12. The largest absolute Gasteiger partial charge is 0.494 e. The summed E-state index contributed by atoms with van der Waals surface area (Å²) in [4.78, 5) is 10.2. The van der Waals surface area contributed by atoms with Gasteiger partial charge in [-0.05, 0) is 31.0 Å². The van der Waals surface area contributed by atoms with E-state index in [4.69, 9.17) is 4.74 Å². The van der Waals surface area contributed by atoms with Crippen molar-refractivity contribution < 1.29 is 36.2 Å². The number of fused-ring (bicyclic) bond motifs is 1. The monoisotopic (exact) mass is 497 g/mol. The average Bonchev–Trinajstić information content (AvgIpc) is 3.27. The van der Waals surface area contributed by atoms with Crippen LogP contribution in [0.15, 0.2) is 35.2 Å². The molecular weight excluding hydrogens is 475 g/mol. The quantitative estimate of drug-likeness (QED) is 0.537. The third-order valence-corrected chi connectivity index (χ3v) is 7.68. The highest BCUT2D eigenvalue weighted by Gasteiger charge is 2.41. The van der Waals surface area contributed by atoms with E-state index in [0.29, 0.717) is 10.9 Å². The lowest BCUT2D eigenvalue weighted by atomic mass is 10.1. The summed E-state index contributed by atoms with van der Waals surface area (Å²) in [6.45, 7) is 3.26. The molecule has 4 rings (SSSR count). The number of carbonyl (C=O) groups is 1. The van der Waals surface area contributed by atoms with Crippen LogP contribution in [0, 0.1) is 23.4 Å². The van der Waals surface area contributed by atoms with E-state index in [0.717, 1.165) is 16.4 Å². The third kappa shape index (κ3) is 4.23. The normalized spacial score (nSPS) is 19.1. The average molecular weight is 497 g/mol. The molecular formula is C22H22F3N3O5S. The molecule has 0 amide bonds. The summed E-state index contributed by atoms with van der Waals surface area (Å²) in [5.74, 6) is -4.72. The molecule has 0 unspecified atom stereocenters. The Balaban J connectivity index is 1.72. The molecule has 2 heterocycles. The van der Waals surface area contributed by atoms with Gasteiger partial charge in [0.25, 0.3) is 0 Å². The molecule has 1 N–H and O–H groups in total. The van der Waals surface area contributed by atoms with Gasteiger partial charge in [0, 0.05) is 30.6 Å². The Morgan fingerprint density at radius 2 is 1.85 bits per heavy atom. The molecule has 0 spiro atoms. The van der Waals surface area contributed by atoms with Crippen molar-refractivity contribution in [1.29, 1.82) is 0 Å². The molecule has 1 fully saturated rings. The van der Waals surface area contributed by atoms with Crippen LogP contribution in [0.4, 0.5) is 13.2 Å². The zero-order valence-corrected chi connectivity index (χ0v) is 19.2. The van der Waals surface area contributed by atoms with Crippen molar-refractivity contribution >= 4 is 26.9 Å². The van der Waals surface area contributed by atoms with E-state index in [1.807, 2.05) is 0 Å². The van der Waals surface area contributed by atoms with Crippen molar-refractivity contribution in [3.05, 3.63) is 53.5 Å². The Bertz CT molecular complexity index is 1350. The fourth-order valence-electron chi connectivity index (χ4n) is 4.29. The van der Waals surface area contributed by atoms with Crippen molar-refractivity contribution in [3.63, 3.8) is 0 Å². The Morgan fingerprint density at radius 1 is 1.18 bits per heavy atom. The minimum absolute atomic E-state index is 0.0655. The van der Waals surface area contributed by atoms with E-state index >= 15 is 0 Å². The van der Waals surface area contributed by atoms with Crippen molar-refractivity contribution in [1.82, 2.24) is 14.1 Å². The number of carboxylic acids is 1. The lowest BCUT2D eigenvalue weighted by molar-refractivity contribution is -0.136. The number of benzene rings is 2. The molecule has 0 aliphatic carbocycles. The van der Waals surface area contributed by atoms with E-state index in [-0.39, 0.29) is 37.1 Å². The minimum Gasteiger partial charge on any atom is -0.494 e. The molecule has 3 aromatic rings. The molecule has 2 atom stereocenters. The topological polar surface area (TPSA) is 102 Å². The Morgan fingerprint density at radius 3 is 2.47 bits per heavy atom. The molecule has 182 valence electrons. The number of rotatable bonds is 7. The van der Waals surface area contributed by atoms with Gasteiger partial charge in [-0.2, -0.15) is 9.40 Å². The first-order valence-corrected chi connectivity index (χ1v) is 12.0. The van der Waals surface area contributed by atoms with Crippen LogP contribution in [-0.4, -0.2) is 53.3 Å². The van der Waals surface area contributed by atoms with Gasteiger partial charge < -0.3 is 9.84 Å². The van der Waals surface area contributed by atoms with E-state index in [9.17, 15) is 31.5 Å². The maximum absolute atomic E-state index is 14.6. The highest BCUT2D eigenvalue weighted by Crippen LogP contribution is 2.36. The van der Waals surface area contributed by atoms with Gasteiger partial charge in [-0.25, -0.2) is 21.6 Å². The molecule has 0 bridgehead atoms. The number of halogens is 3. The SMILES string of the molecule is CCOc1cc(F)c(S(=O)(=O)N2C[C@@H](C)[C@@H](n3nc(CC(=O)O)c4ccc(F)cc43)C2)c(F)c1. The first kappa shape index (κ1) is 24.0. The van der Waals surface area contributed by atoms with Crippen molar-refractivity contribution in [2.75, 3.05) is 19.7 Å². The van der Waals surface area contributed by atoms with E-state index in [1.165, 1.54) is 22.9 Å². The molecule has 0 radical (unpaired) electrons. The van der Waals surface area contributed by atoms with Crippen LogP contribution < -0.4 is 4.74 Å². The van der Waals surface area contributed by atoms with Gasteiger partial charge in [-0.3, -0.25) is 9.48 Å². The fraction of sp³-hybridized carbons (Fsp3) is 0.364. The number of hydrogen-bond acceptors (Lipinski definition) is 5. The lowest BCUT2D eigenvalue weighted by Gasteiger charge is -2.18. The van der Waals surface area contributed by atoms with Gasteiger partial charge in [-0.1, -0.05) is 6.92 Å². The standard InChI is InChI=1S/C22H22F3N3O5S/c1-3-33-14-7-16(24)22(17(25)8-14)34(31,32)27-10-12(2)20(11-27)28-19-6-13(23)4-5-15(19)18(26-28)9-21(29)30/h4-8,12,20H,3,9-11H2,1-2H3,(H,29,30)/t12-,20+/m1/s1. The Kier molecular flexibility index (Phi) is 6.30. The third-order valence-electron chi connectivity index (χ3n) is 5.80. The number of carboxylic acid groups (broad SMARTS) is 1. The van der Waals surface area contributed by atoms with Crippen LogP contribution in [0.3, 0.4) is 0 Å². The number of hydrogen-bond donors (Lipinski definition) is 1. The predicted molar refractivity (Wildman–Crippen MR) is 116 cm³/mol. The molecule has 0 saturated carbocycles. The summed E-state index contributed by atoms with van der Waals surface area (Å²) >= 11 is 0. The van der Waals surface area contributed by atoms with Gasteiger partial charge in [0.2, 0.25) is 10.0 Å². The maximum atomic E-state index is 14.6. The number of ether oxygens (including phenoxy) is 1. The van der Waals surface area contributed by atoms with Gasteiger partial charge in [0.15, 0.2) is 4.90 Å². The Labute approximate surface area is 193 Å². The molecule has 12 heteroatoms. The molecule has 34 heavy (non-hydrogen) atoms. The summed E-state index contributed by atoms with van der Waals surface area (Å²) in [7, 11) is -4.56. The number of nitrogens with zero attached hydrogens (tertiary/aromatic N) is 3. The second-order valence-corrected chi connectivity index (χ2v) is 10.0. The van der Waals surface area contributed by atoms with Gasteiger partial charge >= 0.3 is 5.97 Å². The second-order valence-electron chi connectivity index (χ2n) is 8.14. The number of aromatic nitrogens is 2. The van der Waals surface area contributed by atoms with Crippen molar-refractivity contribution in [3.8, 4) is 5.75 Å². The van der Waals surface area contributed by atoms with Crippen LogP contribution in [0.5, 0.6) is 5.75 Å². The van der Waals surface area contributed by atoms with E-state index < -0.39 is 50.8 Å². The summed E-state index contributed by atoms with van der Waals surface area (Å²) in [6.07, 6.45) is -0.402. The summed E-state index contributed by atoms with van der Waals surface area (Å²) < 4.78 is 77.0. The molecule has 8 nitrogen and oxygen atoms in total. The van der Waals surface area contributed by atoms with Crippen molar-refractivity contribution in [2.24, 2.45) is 5.92 Å². The van der Waals surface area contributed by atoms with Crippen LogP contribution >= 0.6 is 0 Å². The number of aliphatic carboxylic acids is 1. The highest BCUT2D eigenvalue weighted by molar-refractivity contribution is 7.89. The molecule has 1 saturated heterocycles. The van der Waals surface area contributed by atoms with E-state index in [2.05, 4.69) is 5.10 Å². The summed E-state index contributed by atoms with van der Waals surface area (Å²) in [5, 5.41) is 14.0. The van der Waals surface area contributed by atoms with Gasteiger partial charge in [0.1, 0.15) is 23.2 Å². The zero-order chi connectivity index (χ0) is 24.8. The highest BCUT2D eigenvalue weighted by atomic mass is 32.2. The minimum atomic E-state index is -4.56. The predicted octanol–water partition coefficient (Wildman–Crippen LogP) is 3.36. The number of sulfonamides is 1. The molecule has 1 aromatic heterocycles. The van der Waals surface area contributed by atoms with E-state index in [1.54, 1.807) is 13.8 Å². The van der Waals surface area contributed by atoms with Crippen LogP contribution in [0.2, 0.25) is 0 Å². The summed E-state index contributed by atoms with van der Waals surface area (Å²) in [5.41, 5.74) is 0.519. The van der Waals surface area contributed by atoms with Gasteiger partial charge in [0.05, 0.1) is 30.3 Å². The maximum Gasteiger partial charge on any atom is 0.309 e.